The van der Waals surface area contributed by atoms with E-state index in [1.54, 1.807) is 6.07 Å². The van der Waals surface area contributed by atoms with Crippen LogP contribution >= 0.6 is 11.3 Å². The molecule has 1 aromatic rings. The fourth-order valence-corrected chi connectivity index (χ4v) is 6.45. The second-order valence-electron chi connectivity index (χ2n) is 4.82. The van der Waals surface area contributed by atoms with E-state index in [0.29, 0.717) is 12.8 Å². The lowest BCUT2D eigenvalue weighted by atomic mass is 10.1. The Hall–Kier alpha value is -0.480. The lowest BCUT2D eigenvalue weighted by Crippen LogP contribution is -2.29. The Balaban J connectivity index is 1.97. The number of hydrogen-bond acceptors (Lipinski definition) is 6. The molecule has 0 aliphatic carbocycles. The Morgan fingerprint density at radius 3 is 2.75 bits per heavy atom. The summed E-state index contributed by atoms with van der Waals surface area (Å²) >= 11 is 1.12. The second kappa shape index (κ2) is 6.10. The third-order valence-corrected chi connectivity index (χ3v) is 8.05. The predicted molar refractivity (Wildman–Crippen MR) is 77.1 cm³/mol. The van der Waals surface area contributed by atoms with E-state index >= 15 is 0 Å². The Morgan fingerprint density at radius 1 is 1.40 bits per heavy atom. The molecule has 1 aromatic heterocycles. The zero-order valence-electron chi connectivity index (χ0n) is 10.8. The minimum absolute atomic E-state index is 0.0205. The molecule has 2 rings (SSSR count). The Labute approximate surface area is 122 Å². The summed E-state index contributed by atoms with van der Waals surface area (Å²) in [6, 6.07) is 3.18. The second-order valence-corrected chi connectivity index (χ2v) is 10.2. The molecule has 0 saturated carbocycles. The van der Waals surface area contributed by atoms with Crippen molar-refractivity contribution >= 4 is 31.2 Å². The molecule has 20 heavy (non-hydrogen) atoms. The summed E-state index contributed by atoms with van der Waals surface area (Å²) in [5.41, 5.74) is 0. The lowest BCUT2D eigenvalue weighted by molar-refractivity contribution is 0.300. The first-order valence-corrected chi connectivity index (χ1v) is 10.3. The summed E-state index contributed by atoms with van der Waals surface area (Å²) in [5.74, 6) is 0.0426. The van der Waals surface area contributed by atoms with Crippen molar-refractivity contribution in [3.05, 3.63) is 17.0 Å². The average Bonchev–Trinajstić information content (AvgIpc) is 2.94. The lowest BCUT2D eigenvalue weighted by Gasteiger charge is -2.09. The molecule has 1 unspecified atom stereocenters. The van der Waals surface area contributed by atoms with Gasteiger partial charge in [0.1, 0.15) is 4.21 Å². The van der Waals surface area contributed by atoms with Gasteiger partial charge in [0.2, 0.25) is 10.0 Å². The maximum Gasteiger partial charge on any atom is 0.250 e. The molecule has 0 radical (unpaired) electrons. The van der Waals surface area contributed by atoms with Crippen LogP contribution in [-0.4, -0.2) is 46.6 Å². The third-order valence-electron chi connectivity index (χ3n) is 3.15. The molecule has 1 aliphatic rings. The summed E-state index contributed by atoms with van der Waals surface area (Å²) in [6.07, 6.45) is 0.937. The van der Waals surface area contributed by atoms with E-state index in [9.17, 15) is 16.8 Å². The number of aliphatic hydroxyl groups excluding tert-OH is 1. The normalized spacial score (nSPS) is 22.1. The highest BCUT2D eigenvalue weighted by molar-refractivity contribution is 7.92. The number of hydrogen-bond donors (Lipinski definition) is 2. The van der Waals surface area contributed by atoms with Crippen molar-refractivity contribution in [2.45, 2.75) is 17.1 Å². The van der Waals surface area contributed by atoms with Crippen molar-refractivity contribution in [3.8, 4) is 0 Å². The van der Waals surface area contributed by atoms with Gasteiger partial charge in [-0.25, -0.2) is 21.6 Å². The van der Waals surface area contributed by atoms with Crippen LogP contribution in [0.25, 0.3) is 0 Å². The van der Waals surface area contributed by atoms with Crippen molar-refractivity contribution in [1.29, 1.82) is 0 Å². The number of sulfonamides is 1. The van der Waals surface area contributed by atoms with Crippen molar-refractivity contribution in [2.24, 2.45) is 5.92 Å². The molecule has 9 heteroatoms. The zero-order valence-corrected chi connectivity index (χ0v) is 13.2. The molecule has 2 heterocycles. The summed E-state index contributed by atoms with van der Waals surface area (Å²) in [5, 5.41) is 8.81. The van der Waals surface area contributed by atoms with Gasteiger partial charge in [-0.05, 0) is 24.5 Å². The molecule has 2 N–H and O–H groups in total. The van der Waals surface area contributed by atoms with Gasteiger partial charge in [-0.15, -0.1) is 11.3 Å². The number of thiophene rings is 1. The first kappa shape index (κ1) is 15.9. The molecule has 6 nitrogen and oxygen atoms in total. The summed E-state index contributed by atoms with van der Waals surface area (Å²) in [7, 11) is -6.58. The smallest absolute Gasteiger partial charge is 0.250 e. The topological polar surface area (TPSA) is 101 Å². The third kappa shape index (κ3) is 4.01. The Kier molecular flexibility index (Phi) is 4.85. The van der Waals surface area contributed by atoms with Gasteiger partial charge in [0.15, 0.2) is 9.84 Å². The van der Waals surface area contributed by atoms with Crippen molar-refractivity contribution < 1.29 is 21.9 Å². The minimum Gasteiger partial charge on any atom is -0.396 e. The molecule has 114 valence electrons. The number of sulfone groups is 1. The molecule has 1 atom stereocenters. The van der Waals surface area contributed by atoms with Crippen LogP contribution in [-0.2, 0) is 26.3 Å². The molecule has 0 spiro atoms. The predicted octanol–water partition coefficient (Wildman–Crippen LogP) is -0.00410. The van der Waals surface area contributed by atoms with Gasteiger partial charge in [0.05, 0.1) is 11.5 Å². The maximum absolute atomic E-state index is 12.1. The van der Waals surface area contributed by atoms with Crippen LogP contribution in [0.1, 0.15) is 11.3 Å². The molecular weight excluding hydrogens is 322 g/mol. The van der Waals surface area contributed by atoms with E-state index in [1.165, 1.54) is 6.07 Å². The monoisotopic (exact) mass is 339 g/mol. The van der Waals surface area contributed by atoms with E-state index < -0.39 is 19.9 Å². The van der Waals surface area contributed by atoms with Crippen LogP contribution < -0.4 is 4.72 Å². The highest BCUT2D eigenvalue weighted by Gasteiger charge is 2.29. The molecule has 1 aliphatic heterocycles. The largest absolute Gasteiger partial charge is 0.396 e. The van der Waals surface area contributed by atoms with E-state index in [2.05, 4.69) is 4.72 Å². The summed E-state index contributed by atoms with van der Waals surface area (Å²) in [4.78, 5) is 0.802. The first-order valence-electron chi connectivity index (χ1n) is 6.22. The van der Waals surface area contributed by atoms with E-state index in [4.69, 9.17) is 5.11 Å². The minimum atomic E-state index is -3.59. The van der Waals surface area contributed by atoms with Gasteiger partial charge in [-0.2, -0.15) is 0 Å². The fraction of sp³-hybridized carbons (Fsp3) is 0.636. The SMILES string of the molecule is O=S1(=O)CCC(CNS(=O)(=O)c2ccc(CCO)s2)C1. The standard InChI is InChI=1S/C11H17NO5S3/c13-5-3-10-1-2-11(18-10)20(16,17)12-7-9-4-6-19(14,15)8-9/h1-2,9,12-13H,3-8H2. The van der Waals surface area contributed by atoms with Crippen molar-refractivity contribution in [2.75, 3.05) is 24.7 Å². The molecule has 1 saturated heterocycles. The zero-order chi connectivity index (χ0) is 14.8. The summed E-state index contributed by atoms with van der Waals surface area (Å²) < 4.78 is 49.4. The fourth-order valence-electron chi connectivity index (χ4n) is 2.08. The van der Waals surface area contributed by atoms with Crippen LogP contribution in [0.5, 0.6) is 0 Å². The summed E-state index contributed by atoms with van der Waals surface area (Å²) in [6.45, 7) is 0.127. The van der Waals surface area contributed by atoms with E-state index in [0.717, 1.165) is 16.2 Å². The molecular formula is C11H17NO5S3. The Morgan fingerprint density at radius 2 is 2.15 bits per heavy atom. The van der Waals surface area contributed by atoms with Gasteiger partial charge in [-0.1, -0.05) is 0 Å². The molecule has 1 fully saturated rings. The van der Waals surface area contributed by atoms with Crippen LogP contribution in [0.3, 0.4) is 0 Å². The van der Waals surface area contributed by atoms with Gasteiger partial charge in [0, 0.05) is 24.4 Å². The maximum atomic E-state index is 12.1. The van der Waals surface area contributed by atoms with Gasteiger partial charge >= 0.3 is 0 Å². The quantitative estimate of drug-likeness (QED) is 0.759. The average molecular weight is 339 g/mol. The molecule has 0 bridgehead atoms. The van der Waals surface area contributed by atoms with Crippen LogP contribution in [0.4, 0.5) is 0 Å². The highest BCUT2D eigenvalue weighted by Crippen LogP contribution is 2.23. The van der Waals surface area contributed by atoms with Gasteiger partial charge in [-0.3, -0.25) is 0 Å². The first-order chi connectivity index (χ1) is 9.32. The number of aliphatic hydroxyl groups is 1. The van der Waals surface area contributed by atoms with E-state index in [1.807, 2.05) is 0 Å². The number of rotatable bonds is 6. The van der Waals surface area contributed by atoms with Crippen LogP contribution in [0.2, 0.25) is 0 Å². The highest BCUT2D eigenvalue weighted by atomic mass is 32.2. The van der Waals surface area contributed by atoms with Gasteiger partial charge < -0.3 is 5.11 Å². The van der Waals surface area contributed by atoms with Crippen molar-refractivity contribution in [3.63, 3.8) is 0 Å². The van der Waals surface area contributed by atoms with Crippen molar-refractivity contribution in [1.82, 2.24) is 4.72 Å². The number of nitrogens with one attached hydrogen (secondary N) is 1. The van der Waals surface area contributed by atoms with E-state index in [-0.39, 0.29) is 34.8 Å². The molecule has 0 amide bonds. The molecule has 0 aromatic carbocycles. The Bertz CT molecular complexity index is 662. The van der Waals surface area contributed by atoms with Crippen LogP contribution in [0, 0.1) is 5.92 Å². The van der Waals surface area contributed by atoms with Gasteiger partial charge in [0.25, 0.3) is 0 Å². The van der Waals surface area contributed by atoms with Crippen LogP contribution in [0.15, 0.2) is 16.3 Å².